The molecule has 1 fully saturated rings. The van der Waals surface area contributed by atoms with Crippen molar-refractivity contribution >= 4 is 23.4 Å². The van der Waals surface area contributed by atoms with E-state index in [-0.39, 0.29) is 24.2 Å². The minimum Gasteiger partial charge on any atom is -0.272 e. The highest BCUT2D eigenvalue weighted by atomic mass is 35.5. The van der Waals surface area contributed by atoms with Crippen LogP contribution in [0.25, 0.3) is 0 Å². The molecule has 1 aliphatic heterocycles. The summed E-state index contributed by atoms with van der Waals surface area (Å²) in [4.78, 5) is 21.2. The van der Waals surface area contributed by atoms with Crippen LogP contribution in [0.4, 0.5) is 0 Å². The third-order valence-electron chi connectivity index (χ3n) is 1.46. The van der Waals surface area contributed by atoms with Gasteiger partial charge in [-0.15, -0.1) is 11.6 Å². The molecule has 0 aromatic carbocycles. The summed E-state index contributed by atoms with van der Waals surface area (Å²) in [6, 6.07) is 0. The van der Waals surface area contributed by atoms with Gasteiger partial charge >= 0.3 is 0 Å². The molecule has 55 valence electrons. The fourth-order valence-corrected chi connectivity index (χ4v) is 1.18. The average molecular weight is 161 g/mol. The van der Waals surface area contributed by atoms with E-state index in [9.17, 15) is 9.59 Å². The van der Waals surface area contributed by atoms with Crippen molar-refractivity contribution < 1.29 is 9.59 Å². The Labute approximate surface area is 63.7 Å². The summed E-state index contributed by atoms with van der Waals surface area (Å²) < 4.78 is 0. The third kappa shape index (κ3) is 1.48. The van der Waals surface area contributed by atoms with E-state index in [0.717, 1.165) is 0 Å². The molecule has 1 aliphatic rings. The van der Waals surface area contributed by atoms with E-state index >= 15 is 0 Å². The number of hydrogen-bond acceptors (Lipinski definition) is 2. The van der Waals surface area contributed by atoms with Crippen molar-refractivity contribution in [3.63, 3.8) is 0 Å². The van der Waals surface area contributed by atoms with Gasteiger partial charge in [0, 0.05) is 12.3 Å². The molecule has 1 saturated heterocycles. The fraction of sp³-hybridized carbons (Fsp3) is 0.667. The fourth-order valence-electron chi connectivity index (χ4n) is 0.915. The van der Waals surface area contributed by atoms with Crippen molar-refractivity contribution in [1.82, 2.24) is 5.32 Å². The van der Waals surface area contributed by atoms with Crippen LogP contribution in [0.2, 0.25) is 0 Å². The van der Waals surface area contributed by atoms with Crippen molar-refractivity contribution in [1.29, 1.82) is 0 Å². The van der Waals surface area contributed by atoms with E-state index < -0.39 is 0 Å². The number of halogens is 1. The normalized spacial score (nSPS) is 25.1. The van der Waals surface area contributed by atoms with Crippen molar-refractivity contribution in [2.75, 3.05) is 5.88 Å². The third-order valence-corrected chi connectivity index (χ3v) is 1.68. The van der Waals surface area contributed by atoms with Crippen LogP contribution in [-0.4, -0.2) is 17.7 Å². The van der Waals surface area contributed by atoms with Gasteiger partial charge in [0.25, 0.3) is 5.91 Å². The highest BCUT2D eigenvalue weighted by Gasteiger charge is 2.31. The predicted octanol–water partition coefficient (Wildman–Crippen LogP) is 0.293. The van der Waals surface area contributed by atoms with Gasteiger partial charge in [0.2, 0.25) is 5.91 Å². The van der Waals surface area contributed by atoms with Gasteiger partial charge in [-0.1, -0.05) is 0 Å². The predicted molar refractivity (Wildman–Crippen MR) is 35.6 cm³/mol. The molecule has 0 saturated carbocycles. The molecule has 0 aromatic heterocycles. The van der Waals surface area contributed by atoms with E-state index in [0.29, 0.717) is 12.3 Å². The number of imide groups is 1. The van der Waals surface area contributed by atoms with E-state index in [1.807, 2.05) is 0 Å². The minimum absolute atomic E-state index is 0.231. The van der Waals surface area contributed by atoms with Crippen molar-refractivity contribution in [2.45, 2.75) is 12.8 Å². The maximum atomic E-state index is 10.7. The maximum Gasteiger partial charge on any atom is 0.252 e. The summed E-state index contributed by atoms with van der Waals surface area (Å²) in [6.07, 6.45) is 0.821. The molecule has 1 radical (unpaired) electrons. The lowest BCUT2D eigenvalue weighted by molar-refractivity contribution is -0.126. The largest absolute Gasteiger partial charge is 0.272 e. The Morgan fingerprint density at radius 3 is 2.70 bits per heavy atom. The topological polar surface area (TPSA) is 48.2 Å². The number of amides is 2. The molecule has 4 heteroatoms. The summed E-state index contributed by atoms with van der Waals surface area (Å²) >= 11 is 5.39. The molecule has 0 aromatic rings. The SMILES string of the molecule is O=C1CC(CCCl)C(=O)[N]1. The molecule has 2 amide bonds. The lowest BCUT2D eigenvalue weighted by atomic mass is 10.1. The van der Waals surface area contributed by atoms with Gasteiger partial charge in [-0.3, -0.25) is 9.59 Å². The second-order valence-corrected chi connectivity index (χ2v) is 2.60. The van der Waals surface area contributed by atoms with Gasteiger partial charge in [-0.25, -0.2) is 0 Å². The molecule has 1 rings (SSSR count). The molecule has 1 unspecified atom stereocenters. The van der Waals surface area contributed by atoms with Crippen molar-refractivity contribution in [3.05, 3.63) is 0 Å². The zero-order valence-corrected chi connectivity index (χ0v) is 6.10. The highest BCUT2D eigenvalue weighted by Crippen LogP contribution is 2.16. The van der Waals surface area contributed by atoms with E-state index in [2.05, 4.69) is 5.32 Å². The monoisotopic (exact) mass is 160 g/mol. The second kappa shape index (κ2) is 3.01. The van der Waals surface area contributed by atoms with E-state index in [1.54, 1.807) is 0 Å². The lowest BCUT2D eigenvalue weighted by Gasteiger charge is -1.97. The van der Waals surface area contributed by atoms with Crippen molar-refractivity contribution in [3.8, 4) is 0 Å². The van der Waals surface area contributed by atoms with Gasteiger partial charge in [0.15, 0.2) is 0 Å². The molecule has 0 spiro atoms. The van der Waals surface area contributed by atoms with Gasteiger partial charge < -0.3 is 0 Å². The van der Waals surface area contributed by atoms with Crippen LogP contribution in [0.3, 0.4) is 0 Å². The van der Waals surface area contributed by atoms with Crippen LogP contribution in [-0.2, 0) is 9.59 Å². The Kier molecular flexibility index (Phi) is 2.27. The van der Waals surface area contributed by atoms with E-state index in [4.69, 9.17) is 11.6 Å². The van der Waals surface area contributed by atoms with Gasteiger partial charge in [0.05, 0.1) is 5.92 Å². The molecule has 1 heterocycles. The number of nitrogens with zero attached hydrogens (tertiary/aromatic N) is 1. The molecule has 0 aliphatic carbocycles. The first-order valence-electron chi connectivity index (χ1n) is 3.08. The quantitative estimate of drug-likeness (QED) is 0.431. The molecular formula is C6H7ClNO2. The number of carbonyl (C=O) groups excluding carboxylic acids is 2. The number of rotatable bonds is 2. The summed E-state index contributed by atoms with van der Waals surface area (Å²) in [5.74, 6) is -0.421. The second-order valence-electron chi connectivity index (χ2n) is 2.22. The first-order chi connectivity index (χ1) is 4.74. The molecule has 3 nitrogen and oxygen atoms in total. The lowest BCUT2D eigenvalue weighted by Crippen LogP contribution is -2.14. The smallest absolute Gasteiger partial charge is 0.252 e. The Morgan fingerprint density at radius 2 is 2.30 bits per heavy atom. The number of carbonyl (C=O) groups is 2. The summed E-state index contributed by atoms with van der Waals surface area (Å²) in [5.41, 5.74) is 0. The minimum atomic E-state index is -0.305. The van der Waals surface area contributed by atoms with Gasteiger partial charge in [-0.05, 0) is 6.42 Å². The summed E-state index contributed by atoms with van der Waals surface area (Å²) in [5, 5.41) is 3.25. The molecular weight excluding hydrogens is 154 g/mol. The zero-order chi connectivity index (χ0) is 7.56. The Bertz CT molecular complexity index is 169. The first-order valence-corrected chi connectivity index (χ1v) is 3.62. The Morgan fingerprint density at radius 1 is 1.60 bits per heavy atom. The summed E-state index contributed by atoms with van der Waals surface area (Å²) in [6.45, 7) is 0. The highest BCUT2D eigenvalue weighted by molar-refractivity contribution is 6.18. The van der Waals surface area contributed by atoms with Crippen LogP contribution < -0.4 is 5.32 Å². The Balaban J connectivity index is 2.46. The van der Waals surface area contributed by atoms with Gasteiger partial charge in [0.1, 0.15) is 0 Å². The Hall–Kier alpha value is -0.570. The van der Waals surface area contributed by atoms with E-state index in [1.165, 1.54) is 0 Å². The van der Waals surface area contributed by atoms with Crippen LogP contribution in [0.15, 0.2) is 0 Å². The zero-order valence-electron chi connectivity index (χ0n) is 5.34. The average Bonchev–Trinajstić information content (AvgIpc) is 2.13. The molecule has 10 heavy (non-hydrogen) atoms. The van der Waals surface area contributed by atoms with Crippen LogP contribution in [0, 0.1) is 5.92 Å². The van der Waals surface area contributed by atoms with Crippen LogP contribution >= 0.6 is 11.6 Å². The molecule has 0 N–H and O–H groups in total. The summed E-state index contributed by atoms with van der Waals surface area (Å²) in [7, 11) is 0. The number of hydrogen-bond donors (Lipinski definition) is 0. The molecule has 0 bridgehead atoms. The van der Waals surface area contributed by atoms with Gasteiger partial charge in [-0.2, -0.15) is 5.32 Å². The van der Waals surface area contributed by atoms with Crippen LogP contribution in [0.1, 0.15) is 12.8 Å². The standard InChI is InChI=1S/C6H7ClNO2/c7-2-1-4-3-5(9)8-6(4)10/h4H,1-3H2. The first kappa shape index (κ1) is 7.54. The van der Waals surface area contributed by atoms with Crippen molar-refractivity contribution in [2.24, 2.45) is 5.92 Å². The number of alkyl halides is 1. The molecule has 1 atom stereocenters. The maximum absolute atomic E-state index is 10.7. The van der Waals surface area contributed by atoms with Crippen LogP contribution in [0.5, 0.6) is 0 Å².